The highest BCUT2D eigenvalue weighted by molar-refractivity contribution is 5.74. The summed E-state index contributed by atoms with van der Waals surface area (Å²) in [5, 5.41) is 0. The molecule has 2 aliphatic heterocycles. The van der Waals surface area contributed by atoms with Crippen LogP contribution in [0.25, 0.3) is 33.6 Å². The van der Waals surface area contributed by atoms with Crippen molar-refractivity contribution in [2.45, 2.75) is 13.5 Å². The maximum absolute atomic E-state index is 14.0. The van der Waals surface area contributed by atoms with Crippen molar-refractivity contribution in [3.63, 3.8) is 0 Å². The molecule has 0 atom stereocenters. The van der Waals surface area contributed by atoms with Crippen LogP contribution in [0.2, 0.25) is 0 Å². The van der Waals surface area contributed by atoms with Crippen molar-refractivity contribution in [2.75, 3.05) is 0 Å². The van der Waals surface area contributed by atoms with Gasteiger partial charge in [-0.15, -0.1) is 0 Å². The first-order valence-electron chi connectivity index (χ1n) is 8.73. The van der Waals surface area contributed by atoms with E-state index in [9.17, 15) is 4.39 Å². The summed E-state index contributed by atoms with van der Waals surface area (Å²) in [5.74, 6) is 0.378. The van der Waals surface area contributed by atoms with Crippen molar-refractivity contribution in [1.29, 1.82) is 0 Å². The molecule has 0 radical (unpaired) electrons. The Morgan fingerprint density at radius 1 is 1.00 bits per heavy atom. The molecule has 0 aliphatic carbocycles. The van der Waals surface area contributed by atoms with Crippen LogP contribution in [0.1, 0.15) is 11.5 Å². The largest absolute Gasteiger partial charge is 0.439 e. The first kappa shape index (κ1) is 15.8. The highest BCUT2D eigenvalue weighted by Gasteiger charge is 2.14. The molecule has 0 spiro atoms. The van der Waals surface area contributed by atoms with E-state index < -0.39 is 0 Å². The fraction of sp³-hybridized carbons (Fsp3) is 0.0909. The topological polar surface area (TPSA) is 43.9 Å². The number of pyridine rings is 1. The van der Waals surface area contributed by atoms with Gasteiger partial charge in [0.1, 0.15) is 11.3 Å². The van der Waals surface area contributed by atoms with Crippen molar-refractivity contribution in [3.05, 3.63) is 84.3 Å². The summed E-state index contributed by atoms with van der Waals surface area (Å²) in [7, 11) is 0. The van der Waals surface area contributed by atoms with E-state index in [0.717, 1.165) is 27.9 Å². The number of hydrogen-bond donors (Lipinski definition) is 0. The van der Waals surface area contributed by atoms with E-state index in [-0.39, 0.29) is 5.82 Å². The lowest BCUT2D eigenvalue weighted by atomic mass is 10.1. The Bertz CT molecular complexity index is 1240. The summed E-state index contributed by atoms with van der Waals surface area (Å²) < 4.78 is 21.9. The van der Waals surface area contributed by atoms with Crippen molar-refractivity contribution in [3.8, 4) is 22.5 Å². The minimum absolute atomic E-state index is 0.269. The molecule has 4 nitrogen and oxygen atoms in total. The van der Waals surface area contributed by atoms with Gasteiger partial charge < -0.3 is 8.98 Å². The molecular formula is C22H16FN3O. The van der Waals surface area contributed by atoms with Gasteiger partial charge in [-0.25, -0.2) is 14.4 Å². The molecule has 2 aromatic carbocycles. The normalized spacial score (nSPS) is 11.5. The van der Waals surface area contributed by atoms with Crippen molar-refractivity contribution in [1.82, 2.24) is 14.5 Å². The van der Waals surface area contributed by atoms with Gasteiger partial charge in [0.05, 0.1) is 17.9 Å². The number of rotatable bonds is 3. The summed E-state index contributed by atoms with van der Waals surface area (Å²) in [5.41, 5.74) is 5.73. The Morgan fingerprint density at radius 2 is 1.89 bits per heavy atom. The number of oxazole rings is 1. The predicted molar refractivity (Wildman–Crippen MR) is 102 cm³/mol. The van der Waals surface area contributed by atoms with Crippen LogP contribution in [0.5, 0.6) is 0 Å². The quantitative estimate of drug-likeness (QED) is 0.440. The zero-order valence-electron chi connectivity index (χ0n) is 14.7. The molecule has 0 saturated heterocycles. The summed E-state index contributed by atoms with van der Waals surface area (Å²) in [4.78, 5) is 9.10. The molecule has 132 valence electrons. The second-order valence-electron chi connectivity index (χ2n) is 6.66. The zero-order chi connectivity index (χ0) is 18.4. The Morgan fingerprint density at radius 3 is 2.78 bits per heavy atom. The molecule has 5 heteroatoms. The van der Waals surface area contributed by atoms with E-state index >= 15 is 0 Å². The number of hydrogen-bond acceptors (Lipinski definition) is 3. The molecule has 0 N–H and O–H groups in total. The summed E-state index contributed by atoms with van der Waals surface area (Å²) in [6.07, 6.45) is 3.91. The van der Waals surface area contributed by atoms with Gasteiger partial charge in [0.2, 0.25) is 5.89 Å². The van der Waals surface area contributed by atoms with E-state index in [1.807, 2.05) is 60.3 Å². The van der Waals surface area contributed by atoms with Gasteiger partial charge >= 0.3 is 0 Å². The smallest absolute Gasteiger partial charge is 0.215 e. The van der Waals surface area contributed by atoms with Gasteiger partial charge in [-0.3, -0.25) is 0 Å². The fourth-order valence-electron chi connectivity index (χ4n) is 3.29. The lowest BCUT2D eigenvalue weighted by molar-refractivity contribution is 0.508. The predicted octanol–water partition coefficient (Wildman–Crippen LogP) is 5.29. The molecule has 0 fully saturated rings. The summed E-state index contributed by atoms with van der Waals surface area (Å²) in [6.45, 7) is 2.55. The van der Waals surface area contributed by atoms with Crippen LogP contribution in [-0.2, 0) is 6.54 Å². The van der Waals surface area contributed by atoms with E-state index in [4.69, 9.17) is 4.42 Å². The van der Waals surface area contributed by atoms with Crippen LogP contribution in [0, 0.1) is 12.7 Å². The van der Waals surface area contributed by atoms with Crippen LogP contribution < -0.4 is 0 Å². The fourth-order valence-corrected chi connectivity index (χ4v) is 3.29. The third-order valence-corrected chi connectivity index (χ3v) is 4.61. The van der Waals surface area contributed by atoms with Gasteiger partial charge in [0.15, 0.2) is 5.58 Å². The number of halogens is 1. The van der Waals surface area contributed by atoms with Crippen molar-refractivity contribution < 1.29 is 8.81 Å². The number of aromatic nitrogens is 3. The molecular weight excluding hydrogens is 341 g/mol. The molecule has 0 amide bonds. The van der Waals surface area contributed by atoms with Crippen LogP contribution in [0.4, 0.5) is 4.39 Å². The third-order valence-electron chi connectivity index (χ3n) is 4.61. The van der Waals surface area contributed by atoms with Crippen LogP contribution >= 0.6 is 0 Å². The third kappa shape index (κ3) is 2.87. The van der Waals surface area contributed by atoms with E-state index in [1.54, 1.807) is 12.1 Å². The number of aryl methyl sites for hydroxylation is 1. The van der Waals surface area contributed by atoms with Gasteiger partial charge in [-0.2, -0.15) is 0 Å². The second-order valence-corrected chi connectivity index (χ2v) is 6.66. The standard InChI is InChI=1S/C22H16FN3O/c1-14-6-7-21-20(10-14)25-22(27-21)13-26-9-8-18-15(12-26)11-19(24-18)16-4-2-3-5-17(16)23/h2-12H,13H2,1H3. The van der Waals surface area contributed by atoms with Crippen molar-refractivity contribution >= 4 is 11.1 Å². The number of nitrogens with zero attached hydrogens (tertiary/aromatic N) is 3. The van der Waals surface area contributed by atoms with Crippen molar-refractivity contribution in [2.24, 2.45) is 0 Å². The lowest BCUT2D eigenvalue weighted by Crippen LogP contribution is -2.00. The zero-order valence-corrected chi connectivity index (χ0v) is 14.7. The maximum Gasteiger partial charge on any atom is 0.215 e. The first-order valence-corrected chi connectivity index (χ1v) is 8.73. The highest BCUT2D eigenvalue weighted by atomic mass is 19.1. The maximum atomic E-state index is 14.0. The van der Waals surface area contributed by atoms with E-state index in [0.29, 0.717) is 23.7 Å². The minimum Gasteiger partial charge on any atom is -0.439 e. The number of fused-ring (bicyclic) bond motifs is 2. The Labute approximate surface area is 155 Å². The Hall–Kier alpha value is -3.47. The average molecular weight is 357 g/mol. The summed E-state index contributed by atoms with van der Waals surface area (Å²) >= 11 is 0. The molecule has 3 aromatic rings. The van der Waals surface area contributed by atoms with Crippen LogP contribution in [0.3, 0.4) is 0 Å². The SMILES string of the molecule is Cc1ccc2oc(Cn3ccc4nc(-c5ccccc5F)cc-4c3)nc2c1. The van der Waals surface area contributed by atoms with Crippen LogP contribution in [-0.4, -0.2) is 14.5 Å². The van der Waals surface area contributed by atoms with Gasteiger partial charge in [0.25, 0.3) is 0 Å². The van der Waals surface area contributed by atoms with Gasteiger partial charge in [-0.1, -0.05) is 18.2 Å². The first-order chi connectivity index (χ1) is 13.2. The lowest BCUT2D eigenvalue weighted by Gasteiger charge is -2.05. The van der Waals surface area contributed by atoms with E-state index in [2.05, 4.69) is 9.97 Å². The molecule has 0 saturated carbocycles. The molecule has 2 aliphatic rings. The van der Waals surface area contributed by atoms with Gasteiger partial charge in [0, 0.05) is 23.5 Å². The minimum atomic E-state index is -0.269. The van der Waals surface area contributed by atoms with E-state index in [1.165, 1.54) is 6.07 Å². The summed E-state index contributed by atoms with van der Waals surface area (Å²) in [6, 6.07) is 16.5. The highest BCUT2D eigenvalue weighted by Crippen LogP contribution is 2.30. The average Bonchev–Trinajstić information content (AvgIpc) is 3.24. The Balaban J connectivity index is 1.49. The van der Waals surface area contributed by atoms with Gasteiger partial charge in [-0.05, 0) is 48.9 Å². The molecule has 1 aromatic heterocycles. The number of benzene rings is 2. The van der Waals surface area contributed by atoms with Crippen LogP contribution in [0.15, 0.2) is 71.4 Å². The second kappa shape index (κ2) is 6.06. The molecule has 0 bridgehead atoms. The Kier molecular flexibility index (Phi) is 3.53. The molecule has 0 unspecified atom stereocenters. The monoisotopic (exact) mass is 357 g/mol. The molecule has 3 heterocycles. The molecule has 5 rings (SSSR count). The molecule has 27 heavy (non-hydrogen) atoms.